The first-order valence-electron chi connectivity index (χ1n) is 5.99. The Kier molecular flexibility index (Phi) is 3.66. The fourth-order valence-corrected chi connectivity index (χ4v) is 2.18. The van der Waals surface area contributed by atoms with Crippen LogP contribution in [-0.4, -0.2) is 40.3 Å². The molecule has 1 aromatic rings. The van der Waals surface area contributed by atoms with Crippen molar-refractivity contribution >= 4 is 11.7 Å². The molecule has 98 valence electrons. The monoisotopic (exact) mass is 250 g/mol. The van der Waals surface area contributed by atoms with Crippen LogP contribution in [0.4, 0.5) is 5.82 Å². The number of oxime groups is 1. The van der Waals surface area contributed by atoms with Gasteiger partial charge in [0.15, 0.2) is 5.84 Å². The lowest BCUT2D eigenvalue weighted by Crippen LogP contribution is -2.25. The summed E-state index contributed by atoms with van der Waals surface area (Å²) >= 11 is 0. The predicted molar refractivity (Wildman–Crippen MR) is 68.7 cm³/mol. The van der Waals surface area contributed by atoms with E-state index < -0.39 is 0 Å². The summed E-state index contributed by atoms with van der Waals surface area (Å²) in [5, 5.41) is 21.2. The molecule has 18 heavy (non-hydrogen) atoms. The van der Waals surface area contributed by atoms with Crippen molar-refractivity contribution in [3.05, 3.63) is 23.9 Å². The van der Waals surface area contributed by atoms with Crippen LogP contribution in [0.1, 0.15) is 19.0 Å². The second-order valence-electron chi connectivity index (χ2n) is 4.60. The summed E-state index contributed by atoms with van der Waals surface area (Å²) in [5.41, 5.74) is 5.97. The molecule has 6 heteroatoms. The van der Waals surface area contributed by atoms with Crippen LogP contribution < -0.4 is 10.6 Å². The standard InChI is InChI=1S/C12H18N4O2/c1-8(17)9-5-6-16(7-9)11-4-2-3-10(14-11)12(13)15-18/h2-4,8-9,17-18H,5-7H2,1H3,(H2,13,15). The van der Waals surface area contributed by atoms with Crippen molar-refractivity contribution in [3.8, 4) is 0 Å². The van der Waals surface area contributed by atoms with Crippen molar-refractivity contribution in [1.29, 1.82) is 0 Å². The Morgan fingerprint density at radius 2 is 2.39 bits per heavy atom. The molecule has 0 aromatic carbocycles. The zero-order chi connectivity index (χ0) is 13.1. The quantitative estimate of drug-likeness (QED) is 0.312. The maximum Gasteiger partial charge on any atom is 0.188 e. The number of amidine groups is 1. The maximum atomic E-state index is 9.58. The van der Waals surface area contributed by atoms with Gasteiger partial charge >= 0.3 is 0 Å². The average molecular weight is 250 g/mol. The van der Waals surface area contributed by atoms with Crippen molar-refractivity contribution in [3.63, 3.8) is 0 Å². The number of anilines is 1. The van der Waals surface area contributed by atoms with Gasteiger partial charge < -0.3 is 20.9 Å². The van der Waals surface area contributed by atoms with E-state index in [1.807, 2.05) is 19.1 Å². The molecule has 2 atom stereocenters. The summed E-state index contributed by atoms with van der Waals surface area (Å²) in [6.45, 7) is 3.46. The van der Waals surface area contributed by atoms with Gasteiger partial charge in [-0.2, -0.15) is 0 Å². The summed E-state index contributed by atoms with van der Waals surface area (Å²) in [6.07, 6.45) is 0.648. The van der Waals surface area contributed by atoms with Gasteiger partial charge in [0.25, 0.3) is 0 Å². The third kappa shape index (κ3) is 2.53. The number of aliphatic hydroxyl groups is 1. The predicted octanol–water partition coefficient (Wildman–Crippen LogP) is 0.383. The van der Waals surface area contributed by atoms with E-state index >= 15 is 0 Å². The Morgan fingerprint density at radius 1 is 1.61 bits per heavy atom. The molecule has 0 amide bonds. The highest BCUT2D eigenvalue weighted by atomic mass is 16.4. The van der Waals surface area contributed by atoms with Crippen molar-refractivity contribution < 1.29 is 10.3 Å². The molecule has 1 saturated heterocycles. The van der Waals surface area contributed by atoms with Gasteiger partial charge in [-0.05, 0) is 25.5 Å². The van der Waals surface area contributed by atoms with Gasteiger partial charge in [0.1, 0.15) is 11.5 Å². The van der Waals surface area contributed by atoms with Crippen molar-refractivity contribution in [2.24, 2.45) is 16.8 Å². The lowest BCUT2D eigenvalue weighted by molar-refractivity contribution is 0.136. The number of nitrogens with zero attached hydrogens (tertiary/aromatic N) is 3. The Labute approximate surface area is 106 Å². The fourth-order valence-electron chi connectivity index (χ4n) is 2.18. The summed E-state index contributed by atoms with van der Waals surface area (Å²) in [6, 6.07) is 5.41. The number of aliphatic hydroxyl groups excluding tert-OH is 1. The van der Waals surface area contributed by atoms with Gasteiger partial charge in [0.2, 0.25) is 0 Å². The van der Waals surface area contributed by atoms with Gasteiger partial charge in [0, 0.05) is 19.0 Å². The van der Waals surface area contributed by atoms with Gasteiger partial charge in [-0.15, -0.1) is 0 Å². The molecule has 0 aliphatic carbocycles. The number of hydrogen-bond acceptors (Lipinski definition) is 5. The molecule has 1 aliphatic rings. The molecule has 4 N–H and O–H groups in total. The van der Waals surface area contributed by atoms with Gasteiger partial charge in [-0.25, -0.2) is 4.98 Å². The number of hydrogen-bond donors (Lipinski definition) is 3. The first kappa shape index (κ1) is 12.6. The van der Waals surface area contributed by atoms with E-state index in [1.165, 1.54) is 0 Å². The molecule has 0 saturated carbocycles. The van der Waals surface area contributed by atoms with Gasteiger partial charge in [-0.1, -0.05) is 11.2 Å². The van der Waals surface area contributed by atoms with Gasteiger partial charge in [0.05, 0.1) is 6.10 Å². The van der Waals surface area contributed by atoms with Crippen molar-refractivity contribution in [1.82, 2.24) is 4.98 Å². The van der Waals surface area contributed by atoms with Crippen LogP contribution >= 0.6 is 0 Å². The maximum absolute atomic E-state index is 9.58. The molecule has 0 bridgehead atoms. The molecule has 6 nitrogen and oxygen atoms in total. The van der Waals surface area contributed by atoms with E-state index in [9.17, 15) is 5.11 Å². The number of nitrogens with two attached hydrogens (primary N) is 1. The number of aromatic nitrogens is 1. The molecule has 0 spiro atoms. The van der Waals surface area contributed by atoms with Gasteiger partial charge in [-0.3, -0.25) is 0 Å². The largest absolute Gasteiger partial charge is 0.409 e. The molecular formula is C12H18N4O2. The number of pyridine rings is 1. The molecular weight excluding hydrogens is 232 g/mol. The Bertz CT molecular complexity index is 447. The van der Waals surface area contributed by atoms with Crippen LogP contribution in [0.5, 0.6) is 0 Å². The minimum absolute atomic E-state index is 0.00289. The summed E-state index contributed by atoms with van der Waals surface area (Å²) in [5.74, 6) is 1.07. The minimum atomic E-state index is -0.303. The van der Waals surface area contributed by atoms with E-state index in [2.05, 4.69) is 15.0 Å². The number of rotatable bonds is 3. The van der Waals surface area contributed by atoms with Crippen LogP contribution in [-0.2, 0) is 0 Å². The highest BCUT2D eigenvalue weighted by Gasteiger charge is 2.26. The summed E-state index contributed by atoms with van der Waals surface area (Å²) < 4.78 is 0. The van der Waals surface area contributed by atoms with E-state index in [0.717, 1.165) is 25.3 Å². The average Bonchev–Trinajstić information content (AvgIpc) is 2.88. The highest BCUT2D eigenvalue weighted by molar-refractivity contribution is 5.95. The van der Waals surface area contributed by atoms with E-state index in [4.69, 9.17) is 10.9 Å². The molecule has 0 radical (unpaired) electrons. The van der Waals surface area contributed by atoms with Crippen molar-refractivity contribution in [2.45, 2.75) is 19.4 Å². The highest BCUT2D eigenvalue weighted by Crippen LogP contribution is 2.24. The lowest BCUT2D eigenvalue weighted by Gasteiger charge is -2.19. The van der Waals surface area contributed by atoms with Crippen LogP contribution in [0.25, 0.3) is 0 Å². The normalized spacial score (nSPS) is 22.2. The molecule has 2 rings (SSSR count). The van der Waals surface area contributed by atoms with Crippen LogP contribution in [0.2, 0.25) is 0 Å². The van der Waals surface area contributed by atoms with E-state index in [1.54, 1.807) is 6.07 Å². The first-order valence-corrected chi connectivity index (χ1v) is 5.99. The van der Waals surface area contributed by atoms with Crippen LogP contribution in [0.15, 0.2) is 23.4 Å². The second-order valence-corrected chi connectivity index (χ2v) is 4.60. The molecule has 2 unspecified atom stereocenters. The smallest absolute Gasteiger partial charge is 0.188 e. The van der Waals surface area contributed by atoms with E-state index in [-0.39, 0.29) is 17.9 Å². The lowest BCUT2D eigenvalue weighted by atomic mass is 10.0. The molecule has 1 fully saturated rings. The minimum Gasteiger partial charge on any atom is -0.409 e. The molecule has 2 heterocycles. The first-order chi connectivity index (χ1) is 8.61. The Hall–Kier alpha value is -1.82. The fraction of sp³-hybridized carbons (Fsp3) is 0.500. The third-order valence-corrected chi connectivity index (χ3v) is 3.34. The summed E-state index contributed by atoms with van der Waals surface area (Å²) in [4.78, 5) is 6.45. The van der Waals surface area contributed by atoms with Crippen molar-refractivity contribution in [2.75, 3.05) is 18.0 Å². The second kappa shape index (κ2) is 5.22. The van der Waals surface area contributed by atoms with Crippen LogP contribution in [0.3, 0.4) is 0 Å². The van der Waals surface area contributed by atoms with Crippen LogP contribution in [0, 0.1) is 5.92 Å². The molecule has 1 aliphatic heterocycles. The SMILES string of the molecule is CC(O)C1CCN(c2cccc(/C(N)=N/O)n2)C1. The van der Waals surface area contributed by atoms with E-state index in [0.29, 0.717) is 5.69 Å². The topological polar surface area (TPSA) is 95.0 Å². The zero-order valence-corrected chi connectivity index (χ0v) is 10.3. The summed E-state index contributed by atoms with van der Waals surface area (Å²) in [7, 11) is 0. The zero-order valence-electron chi connectivity index (χ0n) is 10.3. The third-order valence-electron chi connectivity index (χ3n) is 3.34. The molecule has 1 aromatic heterocycles. The Balaban J connectivity index is 2.15. The Morgan fingerprint density at radius 3 is 3.00 bits per heavy atom.